The number of methoxy groups -OCH3 is 3. The number of hydrogen-bond donors (Lipinski definition) is 1. The van der Waals surface area contributed by atoms with Crippen molar-refractivity contribution in [2.24, 2.45) is 0 Å². The number of ether oxygens (including phenoxy) is 4. The molecule has 2 aromatic rings. The minimum atomic E-state index is -0.813. The van der Waals surface area contributed by atoms with Crippen LogP contribution in [0.4, 0.5) is 0 Å². The zero-order valence-corrected chi connectivity index (χ0v) is 21.8. The fourth-order valence-corrected chi connectivity index (χ4v) is 4.94. The van der Waals surface area contributed by atoms with Gasteiger partial charge in [-0.05, 0) is 49.2 Å². The van der Waals surface area contributed by atoms with E-state index in [1.54, 1.807) is 50.6 Å². The lowest BCUT2D eigenvalue weighted by atomic mass is 9.93. The fourth-order valence-electron chi connectivity index (χ4n) is 4.94. The SMILES string of the molecule is COc1ccc(C(O)=C2C(=O)C(=O)N(CCCN3CCOCC3)[C@H]2c2ccc(OC)cc2OC)c(C)c1. The van der Waals surface area contributed by atoms with Crippen molar-refractivity contribution < 1.29 is 33.6 Å². The van der Waals surface area contributed by atoms with Crippen LogP contribution < -0.4 is 14.2 Å². The van der Waals surface area contributed by atoms with Crippen LogP contribution in [0.15, 0.2) is 42.0 Å². The first-order chi connectivity index (χ1) is 17.9. The lowest BCUT2D eigenvalue weighted by Crippen LogP contribution is -2.39. The van der Waals surface area contributed by atoms with Crippen molar-refractivity contribution in [2.75, 3.05) is 60.7 Å². The Morgan fingerprint density at radius 3 is 2.30 bits per heavy atom. The molecule has 198 valence electrons. The van der Waals surface area contributed by atoms with Crippen molar-refractivity contribution >= 4 is 17.4 Å². The highest BCUT2D eigenvalue weighted by molar-refractivity contribution is 6.46. The summed E-state index contributed by atoms with van der Waals surface area (Å²) in [7, 11) is 4.64. The van der Waals surface area contributed by atoms with Crippen LogP contribution in [0.25, 0.3) is 5.76 Å². The van der Waals surface area contributed by atoms with Crippen LogP contribution in [0, 0.1) is 6.92 Å². The number of rotatable bonds is 9. The molecule has 37 heavy (non-hydrogen) atoms. The van der Waals surface area contributed by atoms with Gasteiger partial charge in [0, 0.05) is 43.4 Å². The van der Waals surface area contributed by atoms with E-state index in [-0.39, 0.29) is 11.3 Å². The van der Waals surface area contributed by atoms with Crippen LogP contribution >= 0.6 is 0 Å². The second-order valence-electron chi connectivity index (χ2n) is 9.09. The summed E-state index contributed by atoms with van der Waals surface area (Å²) in [4.78, 5) is 30.6. The smallest absolute Gasteiger partial charge is 0.295 e. The Balaban J connectivity index is 1.76. The molecule has 2 fully saturated rings. The molecule has 2 saturated heterocycles. The van der Waals surface area contributed by atoms with Crippen LogP contribution in [-0.4, -0.2) is 87.3 Å². The Morgan fingerprint density at radius 2 is 1.65 bits per heavy atom. The summed E-state index contributed by atoms with van der Waals surface area (Å²) in [6, 6.07) is 9.60. The number of amides is 1. The van der Waals surface area contributed by atoms with Gasteiger partial charge in [0.05, 0.1) is 46.2 Å². The van der Waals surface area contributed by atoms with Crippen LogP contribution in [0.1, 0.15) is 29.2 Å². The van der Waals surface area contributed by atoms with E-state index >= 15 is 0 Å². The number of aliphatic hydroxyl groups excluding tert-OH is 1. The molecule has 0 radical (unpaired) electrons. The van der Waals surface area contributed by atoms with E-state index < -0.39 is 17.7 Å². The zero-order chi connectivity index (χ0) is 26.5. The van der Waals surface area contributed by atoms with Crippen LogP contribution in [0.5, 0.6) is 17.2 Å². The standard InChI is InChI=1S/C28H34N2O7/c1-18-16-19(34-2)6-8-21(18)26(31)24-25(22-9-7-20(35-3)17-23(22)36-4)30(28(33)27(24)32)11-5-10-29-12-14-37-15-13-29/h6-9,16-17,25,31H,5,10-15H2,1-4H3/t25-/m0/s1. The number of aliphatic hydroxyl groups is 1. The topological polar surface area (TPSA) is 97.8 Å². The molecule has 1 amide bonds. The maximum Gasteiger partial charge on any atom is 0.295 e. The average molecular weight is 511 g/mol. The number of aryl methyl sites for hydroxylation is 1. The van der Waals surface area contributed by atoms with Gasteiger partial charge in [-0.3, -0.25) is 14.5 Å². The predicted molar refractivity (Wildman–Crippen MR) is 138 cm³/mol. The molecule has 2 aliphatic heterocycles. The van der Waals surface area contributed by atoms with Gasteiger partial charge < -0.3 is 29.0 Å². The van der Waals surface area contributed by atoms with Gasteiger partial charge in [0.25, 0.3) is 11.7 Å². The average Bonchev–Trinajstić information content (AvgIpc) is 3.17. The van der Waals surface area contributed by atoms with Crippen LogP contribution in [-0.2, 0) is 14.3 Å². The quantitative estimate of drug-likeness (QED) is 0.312. The summed E-state index contributed by atoms with van der Waals surface area (Å²) in [5.74, 6) is 0.0835. The molecule has 1 N–H and O–H groups in total. The molecule has 0 aromatic heterocycles. The van der Waals surface area contributed by atoms with Crippen molar-refractivity contribution in [2.45, 2.75) is 19.4 Å². The first-order valence-electron chi connectivity index (χ1n) is 12.3. The Morgan fingerprint density at radius 1 is 0.973 bits per heavy atom. The maximum absolute atomic E-state index is 13.4. The summed E-state index contributed by atoms with van der Waals surface area (Å²) >= 11 is 0. The van der Waals surface area contributed by atoms with Crippen LogP contribution in [0.3, 0.4) is 0 Å². The number of hydrogen-bond acceptors (Lipinski definition) is 8. The molecule has 0 spiro atoms. The second-order valence-corrected chi connectivity index (χ2v) is 9.09. The van der Waals surface area contributed by atoms with Gasteiger partial charge in [0.2, 0.25) is 0 Å². The first kappa shape index (κ1) is 26.5. The first-order valence-corrected chi connectivity index (χ1v) is 12.3. The molecular formula is C28H34N2O7. The second kappa shape index (κ2) is 11.7. The molecule has 1 atom stereocenters. The van der Waals surface area contributed by atoms with Gasteiger partial charge >= 0.3 is 0 Å². The molecule has 2 aromatic carbocycles. The summed E-state index contributed by atoms with van der Waals surface area (Å²) in [6.07, 6.45) is 0.670. The summed E-state index contributed by atoms with van der Waals surface area (Å²) in [5, 5.41) is 11.4. The molecule has 0 aliphatic carbocycles. The Hall–Kier alpha value is -3.56. The van der Waals surface area contributed by atoms with Crippen molar-refractivity contribution in [3.8, 4) is 17.2 Å². The van der Waals surface area contributed by atoms with E-state index in [9.17, 15) is 14.7 Å². The molecule has 0 bridgehead atoms. The van der Waals surface area contributed by atoms with Gasteiger partial charge in [-0.1, -0.05) is 0 Å². The Labute approximate surface area is 217 Å². The van der Waals surface area contributed by atoms with Gasteiger partial charge in [0.1, 0.15) is 23.0 Å². The largest absolute Gasteiger partial charge is 0.507 e. The molecule has 0 unspecified atom stereocenters. The van der Waals surface area contributed by atoms with E-state index in [0.29, 0.717) is 54.6 Å². The molecule has 0 saturated carbocycles. The Kier molecular flexibility index (Phi) is 8.35. The zero-order valence-electron chi connectivity index (χ0n) is 21.8. The fraction of sp³-hybridized carbons (Fsp3) is 0.429. The number of benzene rings is 2. The number of Topliss-reactive ketones (excluding diaryl/α,β-unsaturated/α-hetero) is 1. The number of likely N-dealkylation sites (tertiary alicyclic amines) is 1. The number of morpholine rings is 1. The van der Waals surface area contributed by atoms with Crippen LogP contribution in [0.2, 0.25) is 0 Å². The van der Waals surface area contributed by atoms with Crippen molar-refractivity contribution in [1.29, 1.82) is 0 Å². The van der Waals surface area contributed by atoms with E-state index in [2.05, 4.69) is 4.90 Å². The van der Waals surface area contributed by atoms with Gasteiger partial charge in [0.15, 0.2) is 0 Å². The van der Waals surface area contributed by atoms with E-state index in [4.69, 9.17) is 18.9 Å². The maximum atomic E-state index is 13.4. The molecule has 9 nitrogen and oxygen atoms in total. The lowest BCUT2D eigenvalue weighted by molar-refractivity contribution is -0.140. The number of carbonyl (C=O) groups is 2. The third kappa shape index (κ3) is 5.42. The number of nitrogens with zero attached hydrogens (tertiary/aromatic N) is 2. The normalized spacial score (nSPS) is 19.8. The summed E-state index contributed by atoms with van der Waals surface area (Å²) in [6.45, 7) is 6.00. The monoisotopic (exact) mass is 510 g/mol. The highest BCUT2D eigenvalue weighted by Crippen LogP contribution is 2.44. The molecule has 4 rings (SSSR count). The van der Waals surface area contributed by atoms with Gasteiger partial charge in [-0.2, -0.15) is 0 Å². The minimum absolute atomic E-state index is 0.0353. The highest BCUT2D eigenvalue weighted by Gasteiger charge is 2.47. The summed E-state index contributed by atoms with van der Waals surface area (Å²) in [5.41, 5.74) is 1.81. The Bertz CT molecular complexity index is 1190. The van der Waals surface area contributed by atoms with E-state index in [1.165, 1.54) is 12.0 Å². The number of ketones is 1. The van der Waals surface area contributed by atoms with Crippen molar-refractivity contribution in [3.63, 3.8) is 0 Å². The molecular weight excluding hydrogens is 476 g/mol. The van der Waals surface area contributed by atoms with Crippen molar-refractivity contribution in [1.82, 2.24) is 9.80 Å². The molecule has 9 heteroatoms. The highest BCUT2D eigenvalue weighted by atomic mass is 16.5. The third-order valence-electron chi connectivity index (χ3n) is 6.94. The molecule has 2 aliphatic rings. The van der Waals surface area contributed by atoms with Gasteiger partial charge in [-0.15, -0.1) is 0 Å². The minimum Gasteiger partial charge on any atom is -0.507 e. The van der Waals surface area contributed by atoms with E-state index in [0.717, 1.165) is 25.2 Å². The van der Waals surface area contributed by atoms with Crippen molar-refractivity contribution in [3.05, 3.63) is 58.7 Å². The molecule has 2 heterocycles. The predicted octanol–water partition coefficient (Wildman–Crippen LogP) is 3.16. The third-order valence-corrected chi connectivity index (χ3v) is 6.94. The lowest BCUT2D eigenvalue weighted by Gasteiger charge is -2.29. The number of carbonyl (C=O) groups excluding carboxylic acids is 2. The van der Waals surface area contributed by atoms with Gasteiger partial charge in [-0.25, -0.2) is 0 Å². The van der Waals surface area contributed by atoms with E-state index in [1.807, 2.05) is 6.92 Å². The summed E-state index contributed by atoms with van der Waals surface area (Å²) < 4.78 is 21.7.